The zero-order chi connectivity index (χ0) is 14.7. The summed E-state index contributed by atoms with van der Waals surface area (Å²) in [7, 11) is -3.63. The number of nitrogens with zero attached hydrogens (tertiary/aromatic N) is 3. The van der Waals surface area contributed by atoms with Crippen LogP contribution in [-0.4, -0.2) is 49.9 Å². The van der Waals surface area contributed by atoms with Crippen LogP contribution < -0.4 is 9.62 Å². The molecule has 1 aliphatic heterocycles. The van der Waals surface area contributed by atoms with Gasteiger partial charge in [0.1, 0.15) is 10.7 Å². The van der Waals surface area contributed by atoms with Gasteiger partial charge >= 0.3 is 0 Å². The van der Waals surface area contributed by atoms with Crippen molar-refractivity contribution in [1.29, 1.82) is 0 Å². The standard InChI is InChI=1S/C12H15N5O3S/c18-21(19,11-8-14-15-9-11)16-10-1-2-12(13-7-10)17-3-5-20-6-4-17/h1-2,7-9,16H,3-6H2,(H,14,15). The number of hydrogen-bond donors (Lipinski definition) is 2. The predicted molar refractivity (Wildman–Crippen MR) is 76.7 cm³/mol. The number of hydrogen-bond acceptors (Lipinski definition) is 6. The van der Waals surface area contributed by atoms with Crippen molar-refractivity contribution in [2.24, 2.45) is 0 Å². The molecule has 1 fully saturated rings. The van der Waals surface area contributed by atoms with Gasteiger partial charge in [-0.2, -0.15) is 5.10 Å². The molecule has 0 amide bonds. The van der Waals surface area contributed by atoms with Gasteiger partial charge in [0.25, 0.3) is 10.0 Å². The monoisotopic (exact) mass is 309 g/mol. The highest BCUT2D eigenvalue weighted by Gasteiger charge is 2.16. The Hall–Kier alpha value is -2.13. The first-order valence-electron chi connectivity index (χ1n) is 6.45. The summed E-state index contributed by atoms with van der Waals surface area (Å²) in [6.07, 6.45) is 4.07. The molecule has 3 rings (SSSR count). The zero-order valence-electron chi connectivity index (χ0n) is 11.2. The quantitative estimate of drug-likeness (QED) is 0.850. The number of pyridine rings is 1. The van der Waals surface area contributed by atoms with E-state index in [1.807, 2.05) is 0 Å². The Labute approximate surface area is 122 Å². The molecule has 0 radical (unpaired) electrons. The van der Waals surface area contributed by atoms with Crippen molar-refractivity contribution in [3.05, 3.63) is 30.7 Å². The fourth-order valence-corrected chi connectivity index (χ4v) is 2.97. The van der Waals surface area contributed by atoms with Gasteiger partial charge in [0, 0.05) is 19.3 Å². The second-order valence-electron chi connectivity index (χ2n) is 4.54. The number of rotatable bonds is 4. The van der Waals surface area contributed by atoms with E-state index >= 15 is 0 Å². The average molecular weight is 309 g/mol. The summed E-state index contributed by atoms with van der Waals surface area (Å²) < 4.78 is 31.8. The van der Waals surface area contributed by atoms with E-state index in [9.17, 15) is 8.42 Å². The van der Waals surface area contributed by atoms with E-state index in [-0.39, 0.29) is 4.90 Å². The van der Waals surface area contributed by atoms with Crippen molar-refractivity contribution in [3.8, 4) is 0 Å². The van der Waals surface area contributed by atoms with E-state index in [0.717, 1.165) is 18.9 Å². The number of morpholine rings is 1. The van der Waals surface area contributed by atoms with Crippen molar-refractivity contribution in [2.45, 2.75) is 4.90 Å². The molecular weight excluding hydrogens is 294 g/mol. The van der Waals surface area contributed by atoms with Gasteiger partial charge in [0.15, 0.2) is 0 Å². The van der Waals surface area contributed by atoms with Gasteiger partial charge in [-0.15, -0.1) is 0 Å². The molecule has 0 aliphatic carbocycles. The van der Waals surface area contributed by atoms with Crippen LogP contribution in [0.3, 0.4) is 0 Å². The lowest BCUT2D eigenvalue weighted by atomic mass is 10.3. The molecule has 0 spiro atoms. The first-order chi connectivity index (χ1) is 10.1. The summed E-state index contributed by atoms with van der Waals surface area (Å²) >= 11 is 0. The predicted octanol–water partition coefficient (Wildman–Crippen LogP) is 0.442. The topological polar surface area (TPSA) is 100 Å². The van der Waals surface area contributed by atoms with E-state index < -0.39 is 10.0 Å². The molecular formula is C12H15N5O3S. The van der Waals surface area contributed by atoms with Crippen LogP contribution in [0.4, 0.5) is 11.5 Å². The largest absolute Gasteiger partial charge is 0.378 e. The zero-order valence-corrected chi connectivity index (χ0v) is 12.0. The summed E-state index contributed by atoms with van der Waals surface area (Å²) in [6, 6.07) is 3.48. The van der Waals surface area contributed by atoms with Gasteiger partial charge in [-0.1, -0.05) is 0 Å². The van der Waals surface area contributed by atoms with Crippen LogP contribution >= 0.6 is 0 Å². The SMILES string of the molecule is O=S(=O)(Nc1ccc(N2CCOCC2)nc1)c1cn[nH]c1. The van der Waals surface area contributed by atoms with Crippen molar-refractivity contribution >= 4 is 21.5 Å². The fraction of sp³-hybridized carbons (Fsp3) is 0.333. The van der Waals surface area contributed by atoms with Crippen molar-refractivity contribution in [1.82, 2.24) is 15.2 Å². The number of H-pyrrole nitrogens is 1. The highest BCUT2D eigenvalue weighted by molar-refractivity contribution is 7.92. The Morgan fingerprint density at radius 1 is 1.24 bits per heavy atom. The van der Waals surface area contributed by atoms with Crippen molar-refractivity contribution < 1.29 is 13.2 Å². The molecule has 0 bridgehead atoms. The van der Waals surface area contributed by atoms with Crippen LogP contribution in [0.25, 0.3) is 0 Å². The summed E-state index contributed by atoms with van der Waals surface area (Å²) in [6.45, 7) is 2.92. The molecule has 2 N–H and O–H groups in total. The molecule has 0 atom stereocenters. The third-order valence-corrected chi connectivity index (χ3v) is 4.47. The maximum absolute atomic E-state index is 12.0. The minimum Gasteiger partial charge on any atom is -0.378 e. The second-order valence-corrected chi connectivity index (χ2v) is 6.23. The smallest absolute Gasteiger partial charge is 0.265 e. The van der Waals surface area contributed by atoms with Crippen LogP contribution in [0.2, 0.25) is 0 Å². The summed E-state index contributed by atoms with van der Waals surface area (Å²) in [4.78, 5) is 6.47. The van der Waals surface area contributed by atoms with Crippen LogP contribution in [0, 0.1) is 0 Å². The molecule has 21 heavy (non-hydrogen) atoms. The molecule has 3 heterocycles. The van der Waals surface area contributed by atoms with E-state index in [0.29, 0.717) is 18.9 Å². The Morgan fingerprint density at radius 2 is 2.05 bits per heavy atom. The second kappa shape index (κ2) is 5.70. The van der Waals surface area contributed by atoms with Crippen LogP contribution in [0.5, 0.6) is 0 Å². The van der Waals surface area contributed by atoms with Crippen LogP contribution in [0.15, 0.2) is 35.6 Å². The first kappa shape index (κ1) is 13.8. The Balaban J connectivity index is 1.72. The Morgan fingerprint density at radius 3 is 2.67 bits per heavy atom. The molecule has 1 saturated heterocycles. The molecule has 2 aromatic heterocycles. The number of nitrogens with one attached hydrogen (secondary N) is 2. The average Bonchev–Trinajstić information content (AvgIpc) is 3.04. The van der Waals surface area contributed by atoms with Gasteiger partial charge in [0.2, 0.25) is 0 Å². The minimum absolute atomic E-state index is 0.0831. The lowest BCUT2D eigenvalue weighted by molar-refractivity contribution is 0.122. The van der Waals surface area contributed by atoms with Crippen molar-refractivity contribution in [3.63, 3.8) is 0 Å². The lowest BCUT2D eigenvalue weighted by Crippen LogP contribution is -2.36. The normalized spacial score (nSPS) is 15.9. The number of ether oxygens (including phenoxy) is 1. The van der Waals surface area contributed by atoms with Gasteiger partial charge in [-0.05, 0) is 12.1 Å². The number of anilines is 2. The first-order valence-corrected chi connectivity index (χ1v) is 7.94. The molecule has 2 aromatic rings. The number of aromatic nitrogens is 3. The van der Waals surface area contributed by atoms with Gasteiger partial charge in [-0.3, -0.25) is 9.82 Å². The summed E-state index contributed by atoms with van der Waals surface area (Å²) in [5, 5.41) is 6.10. The molecule has 1 aliphatic rings. The highest BCUT2D eigenvalue weighted by Crippen LogP contribution is 2.18. The highest BCUT2D eigenvalue weighted by atomic mass is 32.2. The van der Waals surface area contributed by atoms with Crippen LogP contribution in [-0.2, 0) is 14.8 Å². The number of sulfonamides is 1. The Kier molecular flexibility index (Phi) is 3.76. The minimum atomic E-state index is -3.63. The fourth-order valence-electron chi connectivity index (χ4n) is 2.03. The third-order valence-electron chi connectivity index (χ3n) is 3.12. The molecule has 8 nitrogen and oxygen atoms in total. The van der Waals surface area contributed by atoms with E-state index in [2.05, 4.69) is 24.8 Å². The molecule has 0 unspecified atom stereocenters. The van der Waals surface area contributed by atoms with E-state index in [4.69, 9.17) is 4.74 Å². The number of aromatic amines is 1. The molecule has 0 aromatic carbocycles. The Bertz CT molecular complexity index is 678. The van der Waals surface area contributed by atoms with Gasteiger partial charge < -0.3 is 9.64 Å². The van der Waals surface area contributed by atoms with Crippen molar-refractivity contribution in [2.75, 3.05) is 35.9 Å². The van der Waals surface area contributed by atoms with Gasteiger partial charge in [0.05, 0.1) is 31.3 Å². The summed E-state index contributed by atoms with van der Waals surface area (Å²) in [5.74, 6) is 0.810. The van der Waals surface area contributed by atoms with E-state index in [1.165, 1.54) is 18.6 Å². The lowest BCUT2D eigenvalue weighted by Gasteiger charge is -2.27. The van der Waals surface area contributed by atoms with Crippen LogP contribution in [0.1, 0.15) is 0 Å². The molecule has 9 heteroatoms. The maximum Gasteiger partial charge on any atom is 0.265 e. The van der Waals surface area contributed by atoms with E-state index in [1.54, 1.807) is 12.1 Å². The third kappa shape index (κ3) is 3.14. The summed E-state index contributed by atoms with van der Waals surface area (Å²) in [5.41, 5.74) is 0.410. The molecule has 112 valence electrons. The van der Waals surface area contributed by atoms with Gasteiger partial charge in [-0.25, -0.2) is 13.4 Å². The maximum atomic E-state index is 12.0. The molecule has 0 saturated carbocycles.